The molecule has 8 N–H and O–H groups in total. The minimum absolute atomic E-state index is 0.0273. The van der Waals surface area contributed by atoms with E-state index in [1.165, 1.54) is 40.9 Å². The molecular formula is C22H26N4O9S7. The lowest BCUT2D eigenvalue weighted by atomic mass is 10.2. The van der Waals surface area contributed by atoms with Gasteiger partial charge in [-0.2, -0.15) is 0 Å². The second-order valence-electron chi connectivity index (χ2n) is 7.73. The Bertz CT molecular complexity index is 1460. The highest BCUT2D eigenvalue weighted by molar-refractivity contribution is 8.47. The van der Waals surface area contributed by atoms with Gasteiger partial charge in [0.05, 0.1) is 33.6 Å². The molecular weight excluding hydrogens is 689 g/mol. The number of thiocarbonyl (C=S) groups is 2. The first-order valence-electron chi connectivity index (χ1n) is 11.1. The van der Waals surface area contributed by atoms with Crippen LogP contribution in [0.15, 0.2) is 58.3 Å². The number of primary sulfonamides is 2. The van der Waals surface area contributed by atoms with Crippen LogP contribution in [0.25, 0.3) is 0 Å². The highest BCUT2D eigenvalue weighted by Crippen LogP contribution is 2.22. The molecule has 13 nitrogen and oxygen atoms in total. The van der Waals surface area contributed by atoms with E-state index in [-0.39, 0.29) is 27.2 Å². The molecule has 1 saturated heterocycles. The second-order valence-corrected chi connectivity index (χ2v) is 15.6. The molecule has 0 aromatic heterocycles. The summed E-state index contributed by atoms with van der Waals surface area (Å²) in [7, 11) is -7.25. The third-order valence-corrected chi connectivity index (χ3v) is 10.5. The van der Waals surface area contributed by atoms with Crippen molar-refractivity contribution < 1.29 is 41.4 Å². The molecule has 2 aromatic carbocycles. The van der Waals surface area contributed by atoms with Gasteiger partial charge in [0.15, 0.2) is 0 Å². The normalized spacial score (nSPS) is 13.0. The molecule has 1 amide bonds. The van der Waals surface area contributed by atoms with Crippen LogP contribution in [0.5, 0.6) is 0 Å². The van der Waals surface area contributed by atoms with Crippen LogP contribution < -0.4 is 16.0 Å². The molecule has 20 heteroatoms. The zero-order valence-electron chi connectivity index (χ0n) is 21.4. The van der Waals surface area contributed by atoms with Gasteiger partial charge in [0.1, 0.15) is 7.85 Å². The van der Waals surface area contributed by atoms with Crippen LogP contribution in [-0.4, -0.2) is 74.9 Å². The average molecular weight is 715 g/mol. The maximum Gasteiger partial charge on any atom is 0.313 e. The van der Waals surface area contributed by atoms with Gasteiger partial charge in [-0.3, -0.25) is 19.3 Å². The predicted octanol–water partition coefficient (Wildman–Crippen LogP) is 1.39. The second kappa shape index (κ2) is 17.9. The number of aliphatic carboxylic acids is 2. The third kappa shape index (κ3) is 14.8. The maximum absolute atomic E-state index is 11.5. The summed E-state index contributed by atoms with van der Waals surface area (Å²) in [5, 5.41) is 26.4. The number of hydrogen-bond donors (Lipinski definition) is 5. The monoisotopic (exact) mass is 714 g/mol. The lowest BCUT2D eigenvalue weighted by Crippen LogP contribution is -2.27. The number of sulfonamides is 2. The number of carbonyl (C=O) groups is 3. The van der Waals surface area contributed by atoms with E-state index in [0.29, 0.717) is 26.7 Å². The lowest BCUT2D eigenvalue weighted by molar-refractivity contribution is -0.134. The fourth-order valence-electron chi connectivity index (χ4n) is 2.60. The molecule has 0 unspecified atom stereocenters. The van der Waals surface area contributed by atoms with Gasteiger partial charge in [-0.15, -0.1) is 0 Å². The molecule has 42 heavy (non-hydrogen) atoms. The number of carboxylic acid groups (broad SMARTS) is 2. The Hall–Kier alpha value is -2.14. The Morgan fingerprint density at radius 2 is 1.26 bits per heavy atom. The molecule has 2 aromatic rings. The van der Waals surface area contributed by atoms with Gasteiger partial charge in [-0.25, -0.2) is 27.1 Å². The van der Waals surface area contributed by atoms with Crippen LogP contribution in [0.3, 0.4) is 0 Å². The van der Waals surface area contributed by atoms with E-state index in [4.69, 9.17) is 50.7 Å². The number of carboxylic acids is 2. The van der Waals surface area contributed by atoms with E-state index in [1.807, 2.05) is 0 Å². The van der Waals surface area contributed by atoms with Crippen molar-refractivity contribution in [1.29, 1.82) is 0 Å². The SMILES string of the molecule is NCc1ccc(S(N)(=O)=O)cc1.NS(=O)(=O)c1ccc(CN2C(=O)CSC2=S)cc1.O=C(O)CSC(=S)SCC(=O)O. The van der Waals surface area contributed by atoms with Crippen LogP contribution in [-0.2, 0) is 47.5 Å². The van der Waals surface area contributed by atoms with E-state index < -0.39 is 32.0 Å². The highest BCUT2D eigenvalue weighted by atomic mass is 32.2. The molecule has 0 aliphatic carbocycles. The molecule has 0 bridgehead atoms. The number of nitrogens with two attached hydrogens (primary N) is 3. The smallest absolute Gasteiger partial charge is 0.313 e. The lowest BCUT2D eigenvalue weighted by Gasteiger charge is -2.14. The van der Waals surface area contributed by atoms with Gasteiger partial charge < -0.3 is 15.9 Å². The van der Waals surface area contributed by atoms with Crippen molar-refractivity contribution in [2.45, 2.75) is 22.9 Å². The molecule has 0 saturated carbocycles. The predicted molar refractivity (Wildman–Crippen MR) is 172 cm³/mol. The topological polar surface area (TPSA) is 241 Å². The Kier molecular flexibility index (Phi) is 16.1. The van der Waals surface area contributed by atoms with Gasteiger partial charge in [0, 0.05) is 6.54 Å². The zero-order chi connectivity index (χ0) is 32.1. The molecule has 0 radical (unpaired) electrons. The van der Waals surface area contributed by atoms with Gasteiger partial charge in [-0.05, 0) is 35.4 Å². The first kappa shape index (κ1) is 37.9. The van der Waals surface area contributed by atoms with Crippen molar-refractivity contribution in [2.24, 2.45) is 16.0 Å². The minimum atomic E-state index is -3.68. The zero-order valence-corrected chi connectivity index (χ0v) is 27.2. The number of nitrogens with zero attached hydrogens (tertiary/aromatic N) is 1. The molecule has 1 heterocycles. The van der Waals surface area contributed by atoms with Crippen LogP contribution in [0, 0.1) is 0 Å². The Morgan fingerprint density at radius 1 is 0.857 bits per heavy atom. The molecule has 3 rings (SSSR count). The molecule has 1 fully saturated rings. The van der Waals surface area contributed by atoms with Crippen LogP contribution in [0.4, 0.5) is 0 Å². The van der Waals surface area contributed by atoms with Crippen molar-refractivity contribution in [1.82, 2.24) is 4.90 Å². The summed E-state index contributed by atoms with van der Waals surface area (Å²) in [6, 6.07) is 12.2. The average Bonchev–Trinajstić information content (AvgIpc) is 3.23. The molecule has 1 aliphatic rings. The summed E-state index contributed by atoms with van der Waals surface area (Å²) in [6.07, 6.45) is 0. The third-order valence-electron chi connectivity index (χ3n) is 4.55. The van der Waals surface area contributed by atoms with Gasteiger partial charge in [0.25, 0.3) is 0 Å². The number of rotatable bonds is 9. The van der Waals surface area contributed by atoms with E-state index in [9.17, 15) is 31.2 Å². The van der Waals surface area contributed by atoms with Crippen molar-refractivity contribution in [3.63, 3.8) is 0 Å². The van der Waals surface area contributed by atoms with Crippen LogP contribution in [0.2, 0.25) is 0 Å². The van der Waals surface area contributed by atoms with Gasteiger partial charge in [0.2, 0.25) is 26.0 Å². The molecule has 1 aliphatic heterocycles. The molecule has 230 valence electrons. The van der Waals surface area contributed by atoms with E-state index in [0.717, 1.165) is 34.7 Å². The van der Waals surface area contributed by atoms with Gasteiger partial charge >= 0.3 is 11.9 Å². The van der Waals surface area contributed by atoms with E-state index in [1.54, 1.807) is 24.3 Å². The largest absolute Gasteiger partial charge is 0.481 e. The number of amides is 1. The number of hydrogen-bond acceptors (Lipinski definition) is 13. The first-order valence-corrected chi connectivity index (χ1v) is 17.9. The number of thioether (sulfide) groups is 3. The van der Waals surface area contributed by atoms with Crippen molar-refractivity contribution in [3.05, 3.63) is 59.7 Å². The van der Waals surface area contributed by atoms with Gasteiger partial charge in [-0.1, -0.05) is 84.0 Å². The molecule has 0 atom stereocenters. The fourth-order valence-corrected chi connectivity index (χ4v) is 6.22. The van der Waals surface area contributed by atoms with Crippen LogP contribution >= 0.6 is 59.7 Å². The van der Waals surface area contributed by atoms with Crippen molar-refractivity contribution in [3.8, 4) is 0 Å². The Labute approximate surface area is 266 Å². The highest BCUT2D eigenvalue weighted by Gasteiger charge is 2.26. The maximum atomic E-state index is 11.5. The Balaban J connectivity index is 0.000000327. The number of carbonyl (C=O) groups excluding carboxylic acids is 1. The summed E-state index contributed by atoms with van der Waals surface area (Å²) in [5.74, 6) is -1.82. The minimum Gasteiger partial charge on any atom is -0.481 e. The molecule has 0 spiro atoms. The summed E-state index contributed by atoms with van der Waals surface area (Å²) >= 11 is 13.0. The van der Waals surface area contributed by atoms with Crippen molar-refractivity contribution in [2.75, 3.05) is 17.3 Å². The fraction of sp³-hybridized carbons (Fsp3) is 0.227. The standard InChI is InChI=1S/C10H10N2O3S3.C7H10N2O2S.C5H6O4S3/c11-18(14,15)8-3-1-7(2-4-8)5-12-9(13)6-17-10(12)16;8-5-6-1-3-7(4-2-6)12(9,10)11;6-3(7)1-11-5(10)12-2-4(8)9/h1-4H,5-6H2,(H2,11,14,15);1-4H,5,8H2,(H2,9,10,11);1-2H2,(H,6,7)(H,8,9). The number of benzene rings is 2. The quantitative estimate of drug-likeness (QED) is 0.231. The van der Waals surface area contributed by atoms with E-state index >= 15 is 0 Å². The van der Waals surface area contributed by atoms with Crippen LogP contribution in [0.1, 0.15) is 11.1 Å². The summed E-state index contributed by atoms with van der Waals surface area (Å²) in [4.78, 5) is 33.3. The summed E-state index contributed by atoms with van der Waals surface area (Å²) in [5.41, 5.74) is 7.01. The Morgan fingerprint density at radius 3 is 1.57 bits per heavy atom. The summed E-state index contributed by atoms with van der Waals surface area (Å²) in [6.45, 7) is 0.750. The first-order chi connectivity index (χ1) is 19.4. The van der Waals surface area contributed by atoms with E-state index in [2.05, 4.69) is 0 Å². The summed E-state index contributed by atoms with van der Waals surface area (Å²) < 4.78 is 44.6. The van der Waals surface area contributed by atoms with Crippen molar-refractivity contribution >= 4 is 105 Å².